The van der Waals surface area contributed by atoms with E-state index in [9.17, 15) is 0 Å². The zero-order valence-corrected chi connectivity index (χ0v) is 31.5. The Morgan fingerprint density at radius 3 is 1.76 bits per heavy atom. The van der Waals surface area contributed by atoms with Crippen LogP contribution in [0.2, 0.25) is 0 Å². The van der Waals surface area contributed by atoms with Crippen LogP contribution in [0.5, 0.6) is 0 Å². The van der Waals surface area contributed by atoms with E-state index >= 15 is 0 Å². The number of rotatable bonds is 2. The molecule has 0 fully saturated rings. The number of benzene rings is 9. The van der Waals surface area contributed by atoms with E-state index in [0.29, 0.717) is 0 Å². The predicted octanol–water partition coefficient (Wildman–Crippen LogP) is 14.8. The maximum atomic E-state index is 2.53. The van der Waals surface area contributed by atoms with E-state index in [1.165, 1.54) is 113 Å². The maximum absolute atomic E-state index is 2.53. The minimum Gasteiger partial charge on any atom is -0.309 e. The molecule has 0 spiro atoms. The van der Waals surface area contributed by atoms with Crippen LogP contribution in [0.15, 0.2) is 183 Å². The van der Waals surface area contributed by atoms with Crippen LogP contribution in [0.4, 0.5) is 0 Å². The SMILES string of the molecule is CC1(C)c2ccccc2-c2ccc3c(c21)c1cc2c(cc1n3-c1cccc(-c3ccc4c5ccccc5c5ccccc5c4c3)c1)Sc1ccccc1S2. The molecular formula is C51H33NS2. The minimum absolute atomic E-state index is 0.130. The largest absolute Gasteiger partial charge is 0.309 e. The molecule has 254 valence electrons. The van der Waals surface area contributed by atoms with Crippen LogP contribution >= 0.6 is 23.5 Å². The van der Waals surface area contributed by atoms with Crippen molar-refractivity contribution in [2.45, 2.75) is 38.8 Å². The highest BCUT2D eigenvalue weighted by atomic mass is 32.2. The van der Waals surface area contributed by atoms with Gasteiger partial charge in [-0.25, -0.2) is 0 Å². The predicted molar refractivity (Wildman–Crippen MR) is 231 cm³/mol. The lowest BCUT2D eigenvalue weighted by atomic mass is 9.80. The Labute approximate surface area is 322 Å². The van der Waals surface area contributed by atoms with Crippen molar-refractivity contribution in [2.75, 3.05) is 0 Å². The van der Waals surface area contributed by atoms with Gasteiger partial charge in [0.05, 0.1) is 11.0 Å². The van der Waals surface area contributed by atoms with Gasteiger partial charge in [-0.3, -0.25) is 0 Å². The molecule has 0 bridgehead atoms. The highest BCUT2D eigenvalue weighted by Crippen LogP contribution is 2.55. The standard InChI is InChI=1S/C51H33NS2/c1-51(2)42-19-8-7-18-38(42)39-24-25-43-49(50(39)51)41-28-47-48(54-46-21-10-9-20-45(46)53-47)29-44(41)52(43)32-13-11-12-30(26-32)31-22-23-37-35-16-4-3-14-33(35)34-15-5-6-17-36(34)40(37)27-31/h3-29H,1-2H3. The fourth-order valence-electron chi connectivity index (χ4n) is 9.59. The van der Waals surface area contributed by atoms with Gasteiger partial charge in [-0.2, -0.15) is 0 Å². The summed E-state index contributed by atoms with van der Waals surface area (Å²) < 4.78 is 2.53. The molecule has 1 aromatic heterocycles. The first-order valence-corrected chi connectivity index (χ1v) is 20.3. The lowest BCUT2D eigenvalue weighted by Gasteiger charge is -2.23. The summed E-state index contributed by atoms with van der Waals surface area (Å²) in [5.41, 5.74) is 11.6. The Bertz CT molecular complexity index is 3220. The van der Waals surface area contributed by atoms with Gasteiger partial charge < -0.3 is 4.57 Å². The average Bonchev–Trinajstić information content (AvgIpc) is 3.66. The molecule has 1 aliphatic heterocycles. The molecule has 54 heavy (non-hydrogen) atoms. The summed E-state index contributed by atoms with van der Waals surface area (Å²) in [7, 11) is 0. The second kappa shape index (κ2) is 11.1. The highest BCUT2D eigenvalue weighted by Gasteiger charge is 2.38. The Balaban J connectivity index is 1.11. The lowest BCUT2D eigenvalue weighted by Crippen LogP contribution is -2.15. The zero-order chi connectivity index (χ0) is 35.7. The molecule has 9 aromatic carbocycles. The third-order valence-electron chi connectivity index (χ3n) is 12.0. The van der Waals surface area contributed by atoms with Crippen LogP contribution in [0, 0.1) is 0 Å². The Hall–Kier alpha value is -5.74. The van der Waals surface area contributed by atoms with Crippen molar-refractivity contribution in [1.29, 1.82) is 0 Å². The smallest absolute Gasteiger partial charge is 0.0553 e. The summed E-state index contributed by atoms with van der Waals surface area (Å²) in [4.78, 5) is 5.31. The molecule has 1 nitrogen and oxygen atoms in total. The molecule has 0 atom stereocenters. The number of fused-ring (bicyclic) bond motifs is 15. The molecular weight excluding hydrogens is 691 g/mol. The summed E-state index contributed by atoms with van der Waals surface area (Å²) in [5, 5.41) is 10.5. The molecule has 0 N–H and O–H groups in total. The second-order valence-corrected chi connectivity index (χ2v) is 17.4. The van der Waals surface area contributed by atoms with Gasteiger partial charge in [-0.05, 0) is 114 Å². The van der Waals surface area contributed by atoms with E-state index in [-0.39, 0.29) is 5.41 Å². The third-order valence-corrected chi connectivity index (χ3v) is 14.5. The average molecular weight is 724 g/mol. The van der Waals surface area contributed by atoms with Crippen LogP contribution in [-0.2, 0) is 5.41 Å². The zero-order valence-electron chi connectivity index (χ0n) is 29.9. The molecule has 0 radical (unpaired) electrons. The van der Waals surface area contributed by atoms with Crippen LogP contribution < -0.4 is 0 Å². The highest BCUT2D eigenvalue weighted by molar-refractivity contribution is 8.05. The van der Waals surface area contributed by atoms with Crippen molar-refractivity contribution in [3.8, 4) is 27.9 Å². The quantitative estimate of drug-likeness (QED) is 0.164. The molecule has 2 heterocycles. The summed E-state index contributed by atoms with van der Waals surface area (Å²) in [6.07, 6.45) is 0. The summed E-state index contributed by atoms with van der Waals surface area (Å²) >= 11 is 3.80. The normalized spacial score (nSPS) is 14.1. The third kappa shape index (κ3) is 4.20. The van der Waals surface area contributed by atoms with E-state index in [1.54, 1.807) is 0 Å². The van der Waals surface area contributed by atoms with Gasteiger partial charge in [0.1, 0.15) is 0 Å². The van der Waals surface area contributed by atoms with E-state index in [4.69, 9.17) is 0 Å². The number of nitrogens with zero attached hydrogens (tertiary/aromatic N) is 1. The van der Waals surface area contributed by atoms with Gasteiger partial charge in [0.25, 0.3) is 0 Å². The van der Waals surface area contributed by atoms with Crippen molar-refractivity contribution >= 4 is 77.6 Å². The molecule has 0 amide bonds. The molecule has 0 unspecified atom stereocenters. The Morgan fingerprint density at radius 2 is 1.02 bits per heavy atom. The second-order valence-electron chi connectivity index (χ2n) is 15.3. The minimum atomic E-state index is -0.130. The summed E-state index contributed by atoms with van der Waals surface area (Å²) in [5.74, 6) is 0. The summed E-state index contributed by atoms with van der Waals surface area (Å²) in [6.45, 7) is 4.82. The van der Waals surface area contributed by atoms with E-state index < -0.39 is 0 Å². The molecule has 0 saturated heterocycles. The van der Waals surface area contributed by atoms with Gasteiger partial charge in [-0.1, -0.05) is 153 Å². The van der Waals surface area contributed by atoms with Crippen LogP contribution in [-0.4, -0.2) is 4.57 Å². The van der Waals surface area contributed by atoms with Crippen molar-refractivity contribution in [3.63, 3.8) is 0 Å². The summed E-state index contributed by atoms with van der Waals surface area (Å²) in [6, 6.07) is 61.4. The van der Waals surface area contributed by atoms with Crippen molar-refractivity contribution in [1.82, 2.24) is 4.57 Å². The fourth-order valence-corrected chi connectivity index (χ4v) is 11.9. The Kier molecular flexibility index (Phi) is 6.33. The van der Waals surface area contributed by atoms with Crippen molar-refractivity contribution < 1.29 is 0 Å². The molecule has 0 saturated carbocycles. The lowest BCUT2D eigenvalue weighted by molar-refractivity contribution is 0.666. The molecule has 10 aromatic rings. The van der Waals surface area contributed by atoms with Gasteiger partial charge in [0.2, 0.25) is 0 Å². The van der Waals surface area contributed by atoms with E-state index in [2.05, 4.69) is 182 Å². The van der Waals surface area contributed by atoms with Gasteiger partial charge in [0.15, 0.2) is 0 Å². The Morgan fingerprint density at radius 1 is 0.407 bits per heavy atom. The number of aromatic nitrogens is 1. The van der Waals surface area contributed by atoms with Crippen LogP contribution in [0.3, 0.4) is 0 Å². The van der Waals surface area contributed by atoms with Crippen LogP contribution in [0.25, 0.3) is 82.1 Å². The van der Waals surface area contributed by atoms with Gasteiger partial charge in [0, 0.05) is 41.5 Å². The monoisotopic (exact) mass is 723 g/mol. The maximum Gasteiger partial charge on any atom is 0.0553 e. The topological polar surface area (TPSA) is 4.93 Å². The number of hydrogen-bond donors (Lipinski definition) is 0. The fraction of sp³-hybridized carbons (Fsp3) is 0.0588. The molecule has 1 aliphatic carbocycles. The first-order chi connectivity index (χ1) is 26.5. The van der Waals surface area contributed by atoms with Crippen LogP contribution in [0.1, 0.15) is 25.0 Å². The first kappa shape index (κ1) is 30.7. The molecule has 2 aliphatic rings. The molecule has 3 heteroatoms. The van der Waals surface area contributed by atoms with E-state index in [0.717, 1.165) is 0 Å². The van der Waals surface area contributed by atoms with Crippen molar-refractivity contribution in [2.24, 2.45) is 0 Å². The number of hydrogen-bond acceptors (Lipinski definition) is 2. The first-order valence-electron chi connectivity index (χ1n) is 18.7. The molecule has 12 rings (SSSR count). The van der Waals surface area contributed by atoms with Gasteiger partial charge in [-0.15, -0.1) is 0 Å². The van der Waals surface area contributed by atoms with Gasteiger partial charge >= 0.3 is 0 Å². The van der Waals surface area contributed by atoms with E-state index in [1.807, 2.05) is 23.5 Å². The van der Waals surface area contributed by atoms with Crippen molar-refractivity contribution in [3.05, 3.63) is 175 Å².